The molecule has 0 radical (unpaired) electrons. The van der Waals surface area contributed by atoms with Gasteiger partial charge < -0.3 is 30.6 Å². The number of carbonyl (C=O) groups is 2. The van der Waals surface area contributed by atoms with Crippen LogP contribution in [-0.4, -0.2) is 43.8 Å². The van der Waals surface area contributed by atoms with E-state index in [1.54, 1.807) is 13.8 Å². The Morgan fingerprint density at radius 2 is 0.912 bits per heavy atom. The maximum Gasteiger partial charge on any atom is 2.00 e. The fraction of sp³-hybridized carbons (Fsp3) is 0.474. The normalized spacial score (nSPS) is 11.3. The van der Waals surface area contributed by atoms with E-state index < -0.39 is 34.9 Å². The Labute approximate surface area is 421 Å². The Hall–Kier alpha value is -5.24. The zero-order valence-electron chi connectivity index (χ0n) is 41.6. The number of unbranched alkanes of at least 4 members (excludes halogenated alkanes) is 16. The number of benzene rings is 4. The number of phenolic OH excluding ortho intramolecular Hbond substituents is 2. The maximum absolute atomic E-state index is 11.3. The van der Waals surface area contributed by atoms with Gasteiger partial charge in [0.2, 0.25) is 0 Å². The largest absolute Gasteiger partial charge is 2.00 e. The van der Waals surface area contributed by atoms with Gasteiger partial charge in [-0.15, -0.1) is 0 Å². The number of phenols is 2. The molecule has 4 rings (SSSR count). The minimum Gasteiger partial charge on any atom is -0.869 e. The molecule has 0 aliphatic heterocycles. The van der Waals surface area contributed by atoms with E-state index in [4.69, 9.17) is 20.2 Å². The first kappa shape index (κ1) is 60.8. The molecule has 0 aromatic heterocycles. The van der Waals surface area contributed by atoms with Gasteiger partial charge in [-0.2, -0.15) is 0 Å². The molecule has 0 atom stereocenters. The zero-order valence-corrected chi connectivity index (χ0v) is 43.1. The number of aromatic hydroxyl groups is 2. The first-order valence-electron chi connectivity index (χ1n) is 24.8. The van der Waals surface area contributed by atoms with Crippen LogP contribution in [-0.2, 0) is 33.3 Å². The Bertz CT molecular complexity index is 2080. The van der Waals surface area contributed by atoms with E-state index >= 15 is 0 Å². The predicted molar refractivity (Wildman–Crippen MR) is 273 cm³/mol. The van der Waals surface area contributed by atoms with Crippen molar-refractivity contribution in [2.24, 2.45) is 9.98 Å². The maximum atomic E-state index is 11.3. The minimum atomic E-state index is -1.29. The smallest absolute Gasteiger partial charge is 0.869 e. The summed E-state index contributed by atoms with van der Waals surface area (Å²) in [5, 5.41) is 58.5. The van der Waals surface area contributed by atoms with Gasteiger partial charge in [0.25, 0.3) is 0 Å². The van der Waals surface area contributed by atoms with Gasteiger partial charge in [-0.25, -0.2) is 14.6 Å². The molecule has 11 heteroatoms. The van der Waals surface area contributed by atoms with Crippen LogP contribution in [0.25, 0.3) is 0 Å². The van der Waals surface area contributed by atoms with Gasteiger partial charge >= 0.3 is 32.4 Å². The van der Waals surface area contributed by atoms with Crippen molar-refractivity contribution in [3.05, 3.63) is 118 Å². The van der Waals surface area contributed by atoms with Crippen molar-refractivity contribution in [3.8, 4) is 23.0 Å². The molecule has 68 heavy (non-hydrogen) atoms. The third-order valence-electron chi connectivity index (χ3n) is 11.8. The number of carboxylic acid groups (broad SMARTS) is 2. The second kappa shape index (κ2) is 35.8. The molecule has 0 fully saturated rings. The van der Waals surface area contributed by atoms with Crippen molar-refractivity contribution in [2.45, 2.75) is 176 Å². The summed E-state index contributed by atoms with van der Waals surface area (Å²) in [5.74, 6) is -5.20. The number of aliphatic imine (C=N–C) groups is 2. The van der Waals surface area contributed by atoms with Crippen LogP contribution in [0.2, 0.25) is 0 Å². The number of allylic oxidation sites excluding steroid dienone is 2. The van der Waals surface area contributed by atoms with Crippen molar-refractivity contribution in [1.82, 2.24) is 0 Å². The third-order valence-corrected chi connectivity index (χ3v) is 11.8. The van der Waals surface area contributed by atoms with E-state index in [0.29, 0.717) is 35.1 Å². The first-order chi connectivity index (χ1) is 32.3. The fourth-order valence-corrected chi connectivity index (χ4v) is 7.78. The molecule has 0 amide bonds. The molecule has 0 aliphatic carbocycles. The first-order valence-corrected chi connectivity index (χ1v) is 24.8. The van der Waals surface area contributed by atoms with Crippen LogP contribution < -0.4 is 10.2 Å². The Morgan fingerprint density at radius 3 is 1.29 bits per heavy atom. The molecular formula is C57H78N2O8Pd. The standard InChI is InChI=1S/C37H56N2.2C10H12O4.Pd/c1-3-5-7-9-11-12-13-14-15-16-17-19-27-33-37(39-35-30-24-21-25-31-35)36(32-26-18-10-8-6-4-2)38-34-28-22-20-23-29-34;2*1-3-6-4-7(11)9(12)8(5(6)2)10(13)14;/h20-25,27-31,33H,3-19,26,32H2,1-2H3;2*4,11-12H,3H2,1-2H3,(H,13,14);/q;;;+2/p-2. The van der Waals surface area contributed by atoms with Crippen LogP contribution in [0.4, 0.5) is 11.4 Å². The minimum absolute atomic E-state index is 0. The zero-order chi connectivity index (χ0) is 49.4. The molecule has 0 saturated carbocycles. The molecule has 4 aromatic rings. The van der Waals surface area contributed by atoms with Crippen LogP contribution >= 0.6 is 0 Å². The van der Waals surface area contributed by atoms with Gasteiger partial charge in [0.05, 0.1) is 33.9 Å². The van der Waals surface area contributed by atoms with Gasteiger partial charge in [0, 0.05) is 0 Å². The summed E-state index contributed by atoms with van der Waals surface area (Å²) in [5.41, 5.74) is 5.69. The molecule has 0 bridgehead atoms. The molecule has 0 spiro atoms. The van der Waals surface area contributed by atoms with Gasteiger partial charge in [-0.1, -0.05) is 178 Å². The number of aromatic carboxylic acids is 2. The van der Waals surface area contributed by atoms with Gasteiger partial charge in [-0.3, -0.25) is 4.99 Å². The van der Waals surface area contributed by atoms with E-state index in [1.807, 2.05) is 13.8 Å². The van der Waals surface area contributed by atoms with E-state index in [-0.39, 0.29) is 31.5 Å². The molecule has 374 valence electrons. The van der Waals surface area contributed by atoms with Gasteiger partial charge in [0.1, 0.15) is 11.5 Å². The fourth-order valence-electron chi connectivity index (χ4n) is 7.78. The molecule has 4 N–H and O–H groups in total. The molecule has 10 nitrogen and oxygen atoms in total. The van der Waals surface area contributed by atoms with Crippen molar-refractivity contribution >= 4 is 34.7 Å². The molecule has 0 saturated heterocycles. The average Bonchev–Trinajstić information content (AvgIpc) is 3.31. The predicted octanol–water partition coefficient (Wildman–Crippen LogP) is 14.6. The number of para-hydroxylation sites is 2. The second-order valence-corrected chi connectivity index (χ2v) is 17.1. The van der Waals surface area contributed by atoms with E-state index in [1.165, 1.54) is 115 Å². The van der Waals surface area contributed by atoms with E-state index in [0.717, 1.165) is 42.1 Å². The quantitative estimate of drug-likeness (QED) is 0.0258. The average molecular weight is 1030 g/mol. The Morgan fingerprint density at radius 1 is 0.544 bits per heavy atom. The van der Waals surface area contributed by atoms with Crippen molar-refractivity contribution in [2.75, 3.05) is 0 Å². The van der Waals surface area contributed by atoms with Crippen LogP contribution in [0.5, 0.6) is 23.0 Å². The van der Waals surface area contributed by atoms with Crippen molar-refractivity contribution in [1.29, 1.82) is 0 Å². The number of aryl methyl sites for hydroxylation is 2. The molecule has 0 aliphatic rings. The third kappa shape index (κ3) is 22.7. The van der Waals surface area contributed by atoms with Crippen LogP contribution in [0, 0.1) is 13.8 Å². The molecule has 0 heterocycles. The van der Waals surface area contributed by atoms with E-state index in [9.17, 15) is 30.0 Å². The Kier molecular flexibility index (Phi) is 32.0. The molecule has 4 aromatic carbocycles. The molecule has 0 unspecified atom stereocenters. The van der Waals surface area contributed by atoms with Gasteiger partial charge in [-0.05, 0) is 117 Å². The van der Waals surface area contributed by atoms with Crippen molar-refractivity contribution in [3.63, 3.8) is 0 Å². The topological polar surface area (TPSA) is 186 Å². The summed E-state index contributed by atoms with van der Waals surface area (Å²) < 4.78 is 0. The summed E-state index contributed by atoms with van der Waals surface area (Å²) in [7, 11) is 0. The number of nitrogens with zero attached hydrogens (tertiary/aromatic N) is 2. The summed E-state index contributed by atoms with van der Waals surface area (Å²) in [4.78, 5) is 31.7. The van der Waals surface area contributed by atoms with E-state index in [2.05, 4.69) is 86.7 Å². The number of rotatable bonds is 27. The second-order valence-electron chi connectivity index (χ2n) is 17.1. The summed E-state index contributed by atoms with van der Waals surface area (Å²) in [6, 6.07) is 23.4. The van der Waals surface area contributed by atoms with Crippen molar-refractivity contribution < 1.29 is 60.7 Å². The SMILES string of the molecule is CCCCCCCCCCCCCC=CC(=Nc1ccccc1)C(CCCCCCCC)=Nc1ccccc1.CCc1cc(O)c([O-])c(C(=O)O)c1C.CCc1cc(O)c([O-])c(C(=O)O)c1C.[Pd+2]. The van der Waals surface area contributed by atoms with Crippen LogP contribution in [0.15, 0.2) is 94.9 Å². The number of hydrogen-bond acceptors (Lipinski definition) is 8. The number of carboxylic acids is 2. The van der Waals surface area contributed by atoms with Crippen LogP contribution in [0.1, 0.15) is 193 Å². The monoisotopic (exact) mass is 1020 g/mol. The summed E-state index contributed by atoms with van der Waals surface area (Å²) in [6.07, 6.45) is 30.7. The number of hydrogen-bond donors (Lipinski definition) is 4. The molecular weight excluding hydrogens is 947 g/mol. The Balaban J connectivity index is 0.000000645. The summed E-state index contributed by atoms with van der Waals surface area (Å²) in [6.45, 7) is 11.4. The van der Waals surface area contributed by atoms with Gasteiger partial charge in [0.15, 0.2) is 0 Å². The van der Waals surface area contributed by atoms with Crippen LogP contribution in [0.3, 0.4) is 0 Å². The summed E-state index contributed by atoms with van der Waals surface area (Å²) >= 11 is 0.